The van der Waals surface area contributed by atoms with Crippen LogP contribution in [0.5, 0.6) is 0 Å². The summed E-state index contributed by atoms with van der Waals surface area (Å²) in [4.78, 5) is 11.4. The number of benzene rings is 1. The summed E-state index contributed by atoms with van der Waals surface area (Å²) in [5.74, 6) is -0.976. The Balaban J connectivity index is 3.13. The van der Waals surface area contributed by atoms with Gasteiger partial charge in [-0.05, 0) is 12.5 Å². The van der Waals surface area contributed by atoms with Crippen molar-refractivity contribution in [3.05, 3.63) is 35.9 Å². The van der Waals surface area contributed by atoms with Crippen LogP contribution in [-0.4, -0.2) is 25.5 Å². The van der Waals surface area contributed by atoms with E-state index in [1.165, 1.54) is 12.1 Å². The van der Waals surface area contributed by atoms with Crippen LogP contribution in [-0.2, 0) is 19.6 Å². The molecule has 5 nitrogen and oxygen atoms in total. The van der Waals surface area contributed by atoms with Gasteiger partial charge in [0.2, 0.25) is 5.25 Å². The summed E-state index contributed by atoms with van der Waals surface area (Å²) >= 11 is 0. The van der Waals surface area contributed by atoms with E-state index in [2.05, 4.69) is 4.74 Å². The zero-order valence-electron chi connectivity index (χ0n) is 8.66. The molecule has 0 spiro atoms. The van der Waals surface area contributed by atoms with Crippen LogP contribution in [0.15, 0.2) is 30.3 Å². The highest BCUT2D eigenvalue weighted by Crippen LogP contribution is 2.22. The third-order valence-corrected chi connectivity index (χ3v) is 2.96. The molecule has 0 aromatic heterocycles. The van der Waals surface area contributed by atoms with Gasteiger partial charge in [-0.2, -0.15) is 8.42 Å². The van der Waals surface area contributed by atoms with E-state index in [9.17, 15) is 13.2 Å². The van der Waals surface area contributed by atoms with Crippen molar-refractivity contribution in [2.45, 2.75) is 12.2 Å². The average Bonchev–Trinajstić information content (AvgIpc) is 2.17. The molecule has 0 aliphatic rings. The summed E-state index contributed by atoms with van der Waals surface area (Å²) in [7, 11) is -4.51. The van der Waals surface area contributed by atoms with Crippen molar-refractivity contribution >= 4 is 16.1 Å². The topological polar surface area (TPSA) is 80.7 Å². The smallest absolute Gasteiger partial charge is 0.331 e. The van der Waals surface area contributed by atoms with Gasteiger partial charge in [0.15, 0.2) is 0 Å². The van der Waals surface area contributed by atoms with E-state index < -0.39 is 21.3 Å². The zero-order chi connectivity index (χ0) is 12.2. The fraction of sp³-hybridized carbons (Fsp3) is 0.300. The van der Waals surface area contributed by atoms with E-state index in [0.29, 0.717) is 0 Å². The molecular formula is C10H12O5S. The van der Waals surface area contributed by atoms with Gasteiger partial charge >= 0.3 is 5.97 Å². The SMILES string of the molecule is CCOC(=O)[C@H](c1ccccc1)S(=O)(=O)O. The summed E-state index contributed by atoms with van der Waals surface area (Å²) in [6.07, 6.45) is 0. The van der Waals surface area contributed by atoms with E-state index >= 15 is 0 Å². The van der Waals surface area contributed by atoms with Crippen LogP contribution in [0.1, 0.15) is 17.7 Å². The van der Waals surface area contributed by atoms with E-state index in [4.69, 9.17) is 4.55 Å². The number of carbonyl (C=O) groups is 1. The van der Waals surface area contributed by atoms with Gasteiger partial charge in [-0.3, -0.25) is 9.35 Å². The molecule has 0 fully saturated rings. The standard InChI is InChI=1S/C10H12O5S/c1-2-15-10(11)9(16(12,13)14)8-6-4-3-5-7-8/h3-7,9H,2H2,1H3,(H,12,13,14)/t9-/m0/s1. The summed E-state index contributed by atoms with van der Waals surface area (Å²) < 4.78 is 35.8. The quantitative estimate of drug-likeness (QED) is 0.635. The van der Waals surface area contributed by atoms with E-state index in [1.807, 2.05) is 0 Å². The summed E-state index contributed by atoms with van der Waals surface area (Å²) in [6, 6.07) is 7.71. The Hall–Kier alpha value is -1.40. The molecule has 0 aliphatic carbocycles. The first-order valence-electron chi connectivity index (χ1n) is 4.64. The van der Waals surface area contributed by atoms with Crippen LogP contribution in [0.4, 0.5) is 0 Å². The van der Waals surface area contributed by atoms with E-state index in [1.54, 1.807) is 25.1 Å². The van der Waals surface area contributed by atoms with Gasteiger partial charge in [0.25, 0.3) is 10.1 Å². The molecule has 6 heteroatoms. The van der Waals surface area contributed by atoms with Crippen LogP contribution in [0, 0.1) is 0 Å². The zero-order valence-corrected chi connectivity index (χ0v) is 9.48. The van der Waals surface area contributed by atoms with Crippen molar-refractivity contribution in [3.63, 3.8) is 0 Å². The largest absolute Gasteiger partial charge is 0.465 e. The first-order chi connectivity index (χ1) is 7.46. The Morgan fingerprint density at radius 1 is 1.38 bits per heavy atom. The lowest BCUT2D eigenvalue weighted by atomic mass is 10.1. The first-order valence-corrected chi connectivity index (χ1v) is 6.15. The molecule has 1 N–H and O–H groups in total. The highest BCUT2D eigenvalue weighted by atomic mass is 32.2. The fourth-order valence-electron chi connectivity index (χ4n) is 1.28. The summed E-state index contributed by atoms with van der Waals surface area (Å²) in [6.45, 7) is 1.61. The Morgan fingerprint density at radius 3 is 2.38 bits per heavy atom. The molecule has 0 saturated carbocycles. The van der Waals surface area contributed by atoms with Gasteiger partial charge in [-0.1, -0.05) is 30.3 Å². The lowest BCUT2D eigenvalue weighted by Gasteiger charge is -2.12. The summed E-state index contributed by atoms with van der Waals surface area (Å²) in [5.41, 5.74) is 0.184. The van der Waals surface area contributed by atoms with Gasteiger partial charge < -0.3 is 4.74 Å². The molecule has 0 bridgehead atoms. The minimum Gasteiger partial charge on any atom is -0.465 e. The Kier molecular flexibility index (Phi) is 4.03. The normalized spacial score (nSPS) is 13.1. The number of ether oxygens (including phenoxy) is 1. The van der Waals surface area contributed by atoms with E-state index in [-0.39, 0.29) is 12.2 Å². The molecule has 1 rings (SSSR count). The molecule has 1 aromatic carbocycles. The Bertz CT molecular complexity index is 451. The number of carbonyl (C=O) groups excluding carboxylic acids is 1. The molecule has 0 heterocycles. The number of rotatable bonds is 4. The second-order valence-electron chi connectivity index (χ2n) is 3.06. The van der Waals surface area contributed by atoms with Crippen LogP contribution in [0.3, 0.4) is 0 Å². The monoisotopic (exact) mass is 244 g/mol. The number of esters is 1. The molecule has 0 aliphatic heterocycles. The fourth-order valence-corrected chi connectivity index (χ4v) is 2.09. The Labute approximate surface area is 93.8 Å². The third kappa shape index (κ3) is 3.04. The Morgan fingerprint density at radius 2 is 1.94 bits per heavy atom. The molecule has 1 aromatic rings. The minimum atomic E-state index is -4.51. The molecule has 0 amide bonds. The summed E-state index contributed by atoms with van der Waals surface area (Å²) in [5, 5.41) is -1.67. The lowest BCUT2D eigenvalue weighted by Crippen LogP contribution is -2.23. The number of hydrogen-bond donors (Lipinski definition) is 1. The number of hydrogen-bond acceptors (Lipinski definition) is 4. The molecule has 0 unspecified atom stereocenters. The van der Waals surface area contributed by atoms with Gasteiger partial charge in [-0.15, -0.1) is 0 Å². The van der Waals surface area contributed by atoms with Crippen molar-refractivity contribution in [1.82, 2.24) is 0 Å². The molecule has 1 atom stereocenters. The molecular weight excluding hydrogens is 232 g/mol. The van der Waals surface area contributed by atoms with Crippen molar-refractivity contribution < 1.29 is 22.5 Å². The van der Waals surface area contributed by atoms with Crippen molar-refractivity contribution in [2.24, 2.45) is 0 Å². The molecule has 88 valence electrons. The van der Waals surface area contributed by atoms with E-state index in [0.717, 1.165) is 0 Å². The van der Waals surface area contributed by atoms with Gasteiger partial charge in [-0.25, -0.2) is 0 Å². The van der Waals surface area contributed by atoms with Gasteiger partial charge in [0.1, 0.15) is 0 Å². The maximum atomic E-state index is 11.4. The van der Waals surface area contributed by atoms with Gasteiger partial charge in [0.05, 0.1) is 6.61 Å². The first kappa shape index (κ1) is 12.7. The molecule has 16 heavy (non-hydrogen) atoms. The van der Waals surface area contributed by atoms with Crippen molar-refractivity contribution in [2.75, 3.05) is 6.61 Å². The van der Waals surface area contributed by atoms with Crippen LogP contribution in [0.2, 0.25) is 0 Å². The highest BCUT2D eigenvalue weighted by Gasteiger charge is 2.33. The van der Waals surface area contributed by atoms with Crippen LogP contribution in [0.25, 0.3) is 0 Å². The highest BCUT2D eigenvalue weighted by molar-refractivity contribution is 7.86. The minimum absolute atomic E-state index is 0.0533. The predicted molar refractivity (Wildman–Crippen MR) is 57.4 cm³/mol. The van der Waals surface area contributed by atoms with Crippen LogP contribution < -0.4 is 0 Å². The molecule has 0 saturated heterocycles. The third-order valence-electron chi connectivity index (χ3n) is 1.90. The average molecular weight is 244 g/mol. The maximum absolute atomic E-state index is 11.4. The lowest BCUT2D eigenvalue weighted by molar-refractivity contribution is -0.142. The maximum Gasteiger partial charge on any atom is 0.331 e. The van der Waals surface area contributed by atoms with Crippen molar-refractivity contribution in [3.8, 4) is 0 Å². The molecule has 0 radical (unpaired) electrons. The van der Waals surface area contributed by atoms with Gasteiger partial charge in [0, 0.05) is 0 Å². The predicted octanol–water partition coefficient (Wildman–Crippen LogP) is 1.18. The van der Waals surface area contributed by atoms with Crippen LogP contribution >= 0.6 is 0 Å². The van der Waals surface area contributed by atoms with Crippen molar-refractivity contribution in [1.29, 1.82) is 0 Å². The second-order valence-corrected chi connectivity index (χ2v) is 4.56. The second kappa shape index (κ2) is 5.09.